The van der Waals surface area contributed by atoms with E-state index in [0.29, 0.717) is 5.56 Å². The van der Waals surface area contributed by atoms with Crippen LogP contribution in [0, 0.1) is 0 Å². The van der Waals surface area contributed by atoms with Crippen LogP contribution in [0.3, 0.4) is 0 Å². The number of hydrazine groups is 1. The highest BCUT2D eigenvalue weighted by Crippen LogP contribution is 1.96. The molecule has 1 aromatic rings. The largest absolute Gasteiger partial charge is 0.370 e. The van der Waals surface area contributed by atoms with Gasteiger partial charge in [0.05, 0.1) is 0 Å². The van der Waals surface area contributed by atoms with E-state index in [1.165, 1.54) is 0 Å². The summed E-state index contributed by atoms with van der Waals surface area (Å²) in [7, 11) is 0. The zero-order valence-electron chi connectivity index (χ0n) is 9.10. The summed E-state index contributed by atoms with van der Waals surface area (Å²) < 4.78 is 0. The highest BCUT2D eigenvalue weighted by Gasteiger charge is 2.07. The molecule has 1 aromatic carbocycles. The van der Waals surface area contributed by atoms with Crippen molar-refractivity contribution in [2.45, 2.75) is 12.8 Å². The molecular formula is C11H13N3O3. The number of primary amides is 1. The Kier molecular flexibility index (Phi) is 4.68. The van der Waals surface area contributed by atoms with Crippen LogP contribution in [0.4, 0.5) is 0 Å². The minimum atomic E-state index is -0.561. The molecule has 1 rings (SSSR count). The minimum absolute atomic E-state index is 0.0486. The van der Waals surface area contributed by atoms with Crippen LogP contribution in [0.5, 0.6) is 0 Å². The van der Waals surface area contributed by atoms with Crippen LogP contribution in [0.1, 0.15) is 23.2 Å². The first-order valence-corrected chi connectivity index (χ1v) is 5.02. The van der Waals surface area contributed by atoms with Crippen LogP contribution in [0.15, 0.2) is 30.3 Å². The summed E-state index contributed by atoms with van der Waals surface area (Å²) >= 11 is 0. The molecule has 4 N–H and O–H groups in total. The van der Waals surface area contributed by atoms with Gasteiger partial charge < -0.3 is 5.73 Å². The number of carbonyl (C=O) groups excluding carboxylic acids is 3. The predicted molar refractivity (Wildman–Crippen MR) is 60.5 cm³/mol. The highest BCUT2D eigenvalue weighted by atomic mass is 16.2. The van der Waals surface area contributed by atoms with E-state index in [4.69, 9.17) is 5.73 Å². The Labute approximate surface area is 98.2 Å². The summed E-state index contributed by atoms with van der Waals surface area (Å²) in [5.74, 6) is -1.44. The Morgan fingerprint density at radius 1 is 1.00 bits per heavy atom. The molecule has 0 heterocycles. The minimum Gasteiger partial charge on any atom is -0.370 e. The van der Waals surface area contributed by atoms with Crippen molar-refractivity contribution in [1.82, 2.24) is 10.9 Å². The molecule has 0 atom stereocenters. The number of hydrogen-bond donors (Lipinski definition) is 3. The molecular weight excluding hydrogens is 222 g/mol. The van der Waals surface area contributed by atoms with E-state index in [1.807, 2.05) is 0 Å². The molecule has 6 nitrogen and oxygen atoms in total. The summed E-state index contributed by atoms with van der Waals surface area (Å²) in [4.78, 5) is 33.0. The summed E-state index contributed by atoms with van der Waals surface area (Å²) in [5.41, 5.74) is 9.74. The lowest BCUT2D eigenvalue weighted by Gasteiger charge is -2.06. The number of rotatable bonds is 4. The van der Waals surface area contributed by atoms with Crippen molar-refractivity contribution in [1.29, 1.82) is 0 Å². The topological polar surface area (TPSA) is 101 Å². The Morgan fingerprint density at radius 2 is 1.65 bits per heavy atom. The van der Waals surface area contributed by atoms with E-state index >= 15 is 0 Å². The van der Waals surface area contributed by atoms with Gasteiger partial charge in [-0.1, -0.05) is 18.2 Å². The second-order valence-electron chi connectivity index (χ2n) is 3.33. The van der Waals surface area contributed by atoms with Gasteiger partial charge in [0.15, 0.2) is 0 Å². The molecule has 0 saturated heterocycles. The van der Waals surface area contributed by atoms with E-state index in [-0.39, 0.29) is 12.8 Å². The molecule has 0 aliphatic rings. The zero-order chi connectivity index (χ0) is 12.7. The molecule has 0 aliphatic heterocycles. The number of hydrogen-bond acceptors (Lipinski definition) is 3. The molecule has 6 heteroatoms. The van der Waals surface area contributed by atoms with Crippen molar-refractivity contribution >= 4 is 17.7 Å². The SMILES string of the molecule is NC(=O)CCC(=O)NNC(=O)c1ccccc1. The Hall–Kier alpha value is -2.37. The number of nitrogens with two attached hydrogens (primary N) is 1. The summed E-state index contributed by atoms with van der Waals surface area (Å²) in [6.45, 7) is 0. The first-order chi connectivity index (χ1) is 8.09. The molecule has 0 fully saturated rings. The van der Waals surface area contributed by atoms with Crippen LogP contribution in [0.25, 0.3) is 0 Å². The van der Waals surface area contributed by atoms with Gasteiger partial charge >= 0.3 is 0 Å². The van der Waals surface area contributed by atoms with Gasteiger partial charge in [-0.25, -0.2) is 0 Å². The van der Waals surface area contributed by atoms with Gasteiger partial charge in [0.2, 0.25) is 11.8 Å². The molecule has 0 aromatic heterocycles. The number of amides is 3. The van der Waals surface area contributed by atoms with Gasteiger partial charge in [0, 0.05) is 18.4 Å². The van der Waals surface area contributed by atoms with Gasteiger partial charge in [0.25, 0.3) is 5.91 Å². The molecule has 0 spiro atoms. The first kappa shape index (κ1) is 12.7. The maximum Gasteiger partial charge on any atom is 0.269 e. The van der Waals surface area contributed by atoms with Crippen molar-refractivity contribution in [3.8, 4) is 0 Å². The van der Waals surface area contributed by atoms with Gasteiger partial charge in [-0.15, -0.1) is 0 Å². The average Bonchev–Trinajstić information content (AvgIpc) is 2.34. The molecule has 0 radical (unpaired) electrons. The Balaban J connectivity index is 2.34. The molecule has 17 heavy (non-hydrogen) atoms. The van der Waals surface area contributed by atoms with E-state index in [0.717, 1.165) is 0 Å². The number of benzene rings is 1. The lowest BCUT2D eigenvalue weighted by molar-refractivity contribution is -0.125. The normalized spacial score (nSPS) is 9.41. The van der Waals surface area contributed by atoms with Gasteiger partial charge in [-0.05, 0) is 12.1 Å². The fraction of sp³-hybridized carbons (Fsp3) is 0.182. The van der Waals surface area contributed by atoms with E-state index < -0.39 is 17.7 Å². The third-order valence-electron chi connectivity index (χ3n) is 1.95. The van der Waals surface area contributed by atoms with Crippen LogP contribution in [-0.4, -0.2) is 17.7 Å². The monoisotopic (exact) mass is 235 g/mol. The second-order valence-corrected chi connectivity index (χ2v) is 3.33. The standard InChI is InChI=1S/C11H13N3O3/c12-9(15)6-7-10(16)13-14-11(17)8-4-2-1-3-5-8/h1-5H,6-7H2,(H2,12,15)(H,13,16)(H,14,17). The molecule has 3 amide bonds. The van der Waals surface area contributed by atoms with Gasteiger partial charge in [-0.3, -0.25) is 25.2 Å². The maximum absolute atomic E-state index is 11.5. The third-order valence-corrected chi connectivity index (χ3v) is 1.95. The van der Waals surface area contributed by atoms with Crippen LogP contribution in [0.2, 0.25) is 0 Å². The van der Waals surface area contributed by atoms with Crippen LogP contribution < -0.4 is 16.6 Å². The Morgan fingerprint density at radius 3 is 2.24 bits per heavy atom. The smallest absolute Gasteiger partial charge is 0.269 e. The number of nitrogens with one attached hydrogen (secondary N) is 2. The Bertz CT molecular complexity index is 417. The van der Waals surface area contributed by atoms with Crippen molar-refractivity contribution in [3.05, 3.63) is 35.9 Å². The zero-order valence-corrected chi connectivity index (χ0v) is 9.10. The molecule has 0 aliphatic carbocycles. The molecule has 0 bridgehead atoms. The highest BCUT2D eigenvalue weighted by molar-refractivity contribution is 5.95. The van der Waals surface area contributed by atoms with E-state index in [1.54, 1.807) is 30.3 Å². The fourth-order valence-corrected chi connectivity index (χ4v) is 1.09. The summed E-state index contributed by atoms with van der Waals surface area (Å²) in [5, 5.41) is 0. The molecule has 0 saturated carbocycles. The predicted octanol–water partition coefficient (Wildman–Crippen LogP) is -0.287. The van der Waals surface area contributed by atoms with E-state index in [2.05, 4.69) is 10.9 Å². The van der Waals surface area contributed by atoms with Crippen molar-refractivity contribution < 1.29 is 14.4 Å². The number of carbonyl (C=O) groups is 3. The van der Waals surface area contributed by atoms with Crippen LogP contribution >= 0.6 is 0 Å². The van der Waals surface area contributed by atoms with Crippen molar-refractivity contribution in [2.75, 3.05) is 0 Å². The average molecular weight is 235 g/mol. The van der Waals surface area contributed by atoms with Gasteiger partial charge in [0.1, 0.15) is 0 Å². The second kappa shape index (κ2) is 6.26. The quantitative estimate of drug-likeness (QED) is 0.625. The van der Waals surface area contributed by atoms with Crippen molar-refractivity contribution in [2.24, 2.45) is 5.73 Å². The summed E-state index contributed by atoms with van der Waals surface area (Å²) in [6.07, 6.45) is -0.0998. The maximum atomic E-state index is 11.5. The lowest BCUT2D eigenvalue weighted by atomic mass is 10.2. The fourth-order valence-electron chi connectivity index (χ4n) is 1.09. The van der Waals surface area contributed by atoms with Crippen LogP contribution in [-0.2, 0) is 9.59 Å². The summed E-state index contributed by atoms with van der Waals surface area (Å²) in [6, 6.07) is 8.44. The van der Waals surface area contributed by atoms with E-state index in [9.17, 15) is 14.4 Å². The lowest BCUT2D eigenvalue weighted by Crippen LogP contribution is -2.41. The molecule has 90 valence electrons. The third kappa shape index (κ3) is 4.78. The first-order valence-electron chi connectivity index (χ1n) is 5.02. The van der Waals surface area contributed by atoms with Crippen molar-refractivity contribution in [3.63, 3.8) is 0 Å². The molecule has 0 unspecified atom stereocenters. The van der Waals surface area contributed by atoms with Gasteiger partial charge in [-0.2, -0.15) is 0 Å².